The molecule has 1 aliphatic rings. The van der Waals surface area contributed by atoms with Crippen LogP contribution in [0, 0.1) is 0 Å². The van der Waals surface area contributed by atoms with Crippen molar-refractivity contribution in [2.24, 2.45) is 0 Å². The molecule has 1 atom stereocenters. The third-order valence-corrected chi connectivity index (χ3v) is 3.48. The van der Waals surface area contributed by atoms with Gasteiger partial charge in [-0.2, -0.15) is 0 Å². The number of nitrogens with one attached hydrogen (secondary N) is 1. The molecule has 1 aliphatic heterocycles. The first-order chi connectivity index (χ1) is 9.60. The van der Waals surface area contributed by atoms with Crippen molar-refractivity contribution in [1.29, 1.82) is 0 Å². The number of ketones is 1. The molecular weight excluding hydrogens is 260 g/mol. The van der Waals surface area contributed by atoms with Crippen molar-refractivity contribution in [1.82, 2.24) is 4.68 Å². The summed E-state index contributed by atoms with van der Waals surface area (Å²) in [6.45, 7) is 3.23. The van der Waals surface area contributed by atoms with Crippen molar-refractivity contribution in [2.75, 3.05) is 32.8 Å². The Morgan fingerprint density at radius 1 is 1.50 bits per heavy atom. The molecule has 20 heavy (non-hydrogen) atoms. The maximum absolute atomic E-state index is 12.4. The van der Waals surface area contributed by atoms with Gasteiger partial charge in [0.15, 0.2) is 17.2 Å². The molecule has 0 bridgehead atoms. The second kappa shape index (κ2) is 6.09. The minimum Gasteiger partial charge on any atom is -0.491 e. The lowest BCUT2D eigenvalue weighted by Crippen LogP contribution is -2.24. The van der Waals surface area contributed by atoms with Crippen LogP contribution in [0.1, 0.15) is 41.9 Å². The number of nitrogens with zero attached hydrogens (tertiary/aromatic N) is 1. The van der Waals surface area contributed by atoms with Crippen LogP contribution >= 0.6 is 0 Å². The third-order valence-electron chi connectivity index (χ3n) is 3.48. The first-order valence-electron chi connectivity index (χ1n) is 6.70. The van der Waals surface area contributed by atoms with Crippen LogP contribution < -0.4 is 15.6 Å². The molecule has 110 valence electrons. The first-order valence-corrected chi connectivity index (χ1v) is 6.70. The SMILES string of the molecule is COCCCC(=O)c1c(OC)c(=O)cc2n1NCC2C. The predicted octanol–water partition coefficient (Wildman–Crippen LogP) is 1.13. The lowest BCUT2D eigenvalue weighted by Gasteiger charge is -2.15. The van der Waals surface area contributed by atoms with Gasteiger partial charge in [-0.05, 0) is 6.42 Å². The Labute approximate surface area is 117 Å². The van der Waals surface area contributed by atoms with Crippen molar-refractivity contribution in [2.45, 2.75) is 25.7 Å². The van der Waals surface area contributed by atoms with Crippen LogP contribution in [0.15, 0.2) is 10.9 Å². The van der Waals surface area contributed by atoms with Crippen LogP contribution in [-0.4, -0.2) is 37.8 Å². The van der Waals surface area contributed by atoms with Gasteiger partial charge in [-0.3, -0.25) is 14.3 Å². The van der Waals surface area contributed by atoms with E-state index < -0.39 is 0 Å². The number of hydrogen-bond acceptors (Lipinski definition) is 5. The van der Waals surface area contributed by atoms with Crippen LogP contribution in [0.5, 0.6) is 5.75 Å². The van der Waals surface area contributed by atoms with E-state index in [0.29, 0.717) is 31.7 Å². The van der Waals surface area contributed by atoms with Crippen molar-refractivity contribution in [3.63, 3.8) is 0 Å². The van der Waals surface area contributed by atoms with E-state index in [2.05, 4.69) is 5.43 Å². The Kier molecular flexibility index (Phi) is 4.44. The van der Waals surface area contributed by atoms with Gasteiger partial charge in [0.25, 0.3) is 0 Å². The summed E-state index contributed by atoms with van der Waals surface area (Å²) in [4.78, 5) is 24.5. The number of carbonyl (C=O) groups excluding carboxylic acids is 1. The van der Waals surface area contributed by atoms with E-state index in [0.717, 1.165) is 5.69 Å². The summed E-state index contributed by atoms with van der Waals surface area (Å²) in [6.07, 6.45) is 0.940. The summed E-state index contributed by atoms with van der Waals surface area (Å²) < 4.78 is 11.8. The van der Waals surface area contributed by atoms with E-state index in [4.69, 9.17) is 9.47 Å². The molecule has 0 fully saturated rings. The maximum Gasteiger partial charge on any atom is 0.224 e. The molecule has 0 spiro atoms. The fourth-order valence-electron chi connectivity index (χ4n) is 2.42. The Morgan fingerprint density at radius 2 is 2.25 bits per heavy atom. The number of hydrogen-bond donors (Lipinski definition) is 1. The van der Waals surface area contributed by atoms with Crippen LogP contribution in [0.25, 0.3) is 0 Å². The first kappa shape index (κ1) is 14.6. The molecule has 2 heterocycles. The van der Waals surface area contributed by atoms with E-state index in [1.165, 1.54) is 13.2 Å². The molecule has 6 heteroatoms. The Bertz CT molecular complexity index is 565. The van der Waals surface area contributed by atoms with E-state index in [1.807, 2.05) is 6.92 Å². The topological polar surface area (TPSA) is 69.6 Å². The van der Waals surface area contributed by atoms with Crippen LogP contribution in [0.3, 0.4) is 0 Å². The number of ether oxygens (including phenoxy) is 2. The monoisotopic (exact) mass is 280 g/mol. The Balaban J connectivity index is 2.42. The second-order valence-electron chi connectivity index (χ2n) is 4.93. The summed E-state index contributed by atoms with van der Waals surface area (Å²) in [5.74, 6) is 0.191. The third kappa shape index (κ3) is 2.56. The molecular formula is C14H20N2O4. The van der Waals surface area contributed by atoms with Crippen molar-refractivity contribution >= 4 is 5.78 Å². The molecule has 1 aromatic heterocycles. The maximum atomic E-state index is 12.4. The fraction of sp³-hybridized carbons (Fsp3) is 0.571. The summed E-state index contributed by atoms with van der Waals surface area (Å²) in [7, 11) is 3.01. The average molecular weight is 280 g/mol. The van der Waals surface area contributed by atoms with E-state index in [-0.39, 0.29) is 22.9 Å². The fourth-order valence-corrected chi connectivity index (χ4v) is 2.42. The highest BCUT2D eigenvalue weighted by atomic mass is 16.5. The number of aromatic nitrogens is 1. The number of methoxy groups -OCH3 is 2. The number of rotatable bonds is 6. The lowest BCUT2D eigenvalue weighted by atomic mass is 10.1. The average Bonchev–Trinajstić information content (AvgIpc) is 2.78. The highest BCUT2D eigenvalue weighted by Gasteiger charge is 2.27. The number of fused-ring (bicyclic) bond motifs is 1. The number of Topliss-reactive ketones (excluding diaryl/α,β-unsaturated/α-hetero) is 1. The Morgan fingerprint density at radius 3 is 2.90 bits per heavy atom. The molecule has 0 radical (unpaired) electrons. The lowest BCUT2D eigenvalue weighted by molar-refractivity contribution is 0.0951. The van der Waals surface area contributed by atoms with E-state index >= 15 is 0 Å². The van der Waals surface area contributed by atoms with Crippen LogP contribution in [0.4, 0.5) is 0 Å². The van der Waals surface area contributed by atoms with Crippen LogP contribution in [0.2, 0.25) is 0 Å². The zero-order valence-electron chi connectivity index (χ0n) is 12.1. The van der Waals surface area contributed by atoms with Crippen LogP contribution in [-0.2, 0) is 4.74 Å². The van der Waals surface area contributed by atoms with Gasteiger partial charge in [-0.15, -0.1) is 0 Å². The zero-order chi connectivity index (χ0) is 14.7. The van der Waals surface area contributed by atoms with Crippen molar-refractivity contribution < 1.29 is 14.3 Å². The standard InChI is InChI=1S/C14H20N2O4/c1-9-8-15-16-10(9)7-12(18)14(20-3)13(16)11(17)5-4-6-19-2/h7,9,15H,4-6,8H2,1-3H3. The van der Waals surface area contributed by atoms with Gasteiger partial charge in [-0.25, -0.2) is 0 Å². The molecule has 6 nitrogen and oxygen atoms in total. The van der Waals surface area contributed by atoms with Gasteiger partial charge in [0.1, 0.15) is 0 Å². The van der Waals surface area contributed by atoms with Gasteiger partial charge in [-0.1, -0.05) is 6.92 Å². The molecule has 0 aliphatic carbocycles. The minimum atomic E-state index is -0.246. The molecule has 0 saturated carbocycles. The quantitative estimate of drug-likeness (QED) is 0.625. The summed E-state index contributed by atoms with van der Waals surface area (Å²) in [5, 5.41) is 0. The Hall–Kier alpha value is -1.82. The van der Waals surface area contributed by atoms with Gasteiger partial charge >= 0.3 is 0 Å². The van der Waals surface area contributed by atoms with E-state index in [9.17, 15) is 9.59 Å². The molecule has 0 amide bonds. The van der Waals surface area contributed by atoms with E-state index in [1.54, 1.807) is 11.8 Å². The van der Waals surface area contributed by atoms with Crippen molar-refractivity contribution in [3.8, 4) is 5.75 Å². The smallest absolute Gasteiger partial charge is 0.224 e. The zero-order valence-corrected chi connectivity index (χ0v) is 12.1. The number of pyridine rings is 1. The molecule has 1 unspecified atom stereocenters. The second-order valence-corrected chi connectivity index (χ2v) is 4.93. The summed E-state index contributed by atoms with van der Waals surface area (Å²) >= 11 is 0. The van der Waals surface area contributed by atoms with Crippen molar-refractivity contribution in [3.05, 3.63) is 27.7 Å². The molecule has 1 N–H and O–H groups in total. The minimum absolute atomic E-state index is 0.109. The molecule has 0 aromatic carbocycles. The molecule has 1 aromatic rings. The highest BCUT2D eigenvalue weighted by Crippen LogP contribution is 2.25. The van der Waals surface area contributed by atoms with Gasteiger partial charge in [0.2, 0.25) is 5.43 Å². The summed E-state index contributed by atoms with van der Waals surface area (Å²) in [6, 6.07) is 1.54. The molecule has 0 saturated heterocycles. The molecule has 2 rings (SSSR count). The highest BCUT2D eigenvalue weighted by molar-refractivity contribution is 5.97. The predicted molar refractivity (Wildman–Crippen MR) is 75.3 cm³/mol. The normalized spacial score (nSPS) is 16.6. The number of carbonyl (C=O) groups is 1. The van der Waals surface area contributed by atoms with Gasteiger partial charge in [0.05, 0.1) is 7.11 Å². The van der Waals surface area contributed by atoms with Gasteiger partial charge < -0.3 is 14.9 Å². The summed E-state index contributed by atoms with van der Waals surface area (Å²) in [5.41, 5.74) is 4.03. The largest absolute Gasteiger partial charge is 0.491 e. The van der Waals surface area contributed by atoms with Gasteiger partial charge in [0, 0.05) is 44.4 Å².